The fourth-order valence-electron chi connectivity index (χ4n) is 2.90. The molecule has 0 saturated heterocycles. The summed E-state index contributed by atoms with van der Waals surface area (Å²) in [4.78, 5) is 26.8. The summed E-state index contributed by atoms with van der Waals surface area (Å²) in [6.45, 7) is 0.380. The normalized spacial score (nSPS) is 13.2. The Bertz CT molecular complexity index is 1040. The number of anilines is 2. The minimum atomic E-state index is -3.33. The second-order valence-corrected chi connectivity index (χ2v) is 9.54. The molecule has 9 heteroatoms. The summed E-state index contributed by atoms with van der Waals surface area (Å²) in [6.07, 6.45) is 1.74. The summed E-state index contributed by atoms with van der Waals surface area (Å²) in [5, 5.41) is 2.70. The lowest BCUT2D eigenvalue weighted by atomic mass is 10.1. The molecule has 0 atom stereocenters. The molecule has 0 spiro atoms. The van der Waals surface area contributed by atoms with Crippen molar-refractivity contribution in [1.29, 1.82) is 0 Å². The van der Waals surface area contributed by atoms with Gasteiger partial charge in [0.05, 0.1) is 17.6 Å². The van der Waals surface area contributed by atoms with Gasteiger partial charge in [0.25, 0.3) is 11.1 Å². The molecule has 148 valence electrons. The molecule has 0 fully saturated rings. The standard InChI is InChI=1S/C19H21N3O4S2/c1-21(2)19(24)27-17-7-5-4-6-15(17)20-18(23)14-8-9-16-13(12-14)10-11-22(16)28(3,25)26/h4-9,12H,10-11H2,1-3H3,(H,20,23). The van der Waals surface area contributed by atoms with E-state index in [2.05, 4.69) is 5.32 Å². The van der Waals surface area contributed by atoms with Gasteiger partial charge in [-0.1, -0.05) is 12.1 Å². The van der Waals surface area contributed by atoms with Crippen LogP contribution in [0.3, 0.4) is 0 Å². The number of sulfonamides is 1. The third-order valence-electron chi connectivity index (χ3n) is 4.29. The minimum Gasteiger partial charge on any atom is -0.339 e. The van der Waals surface area contributed by atoms with Gasteiger partial charge in [-0.3, -0.25) is 13.9 Å². The number of benzene rings is 2. The van der Waals surface area contributed by atoms with E-state index >= 15 is 0 Å². The van der Waals surface area contributed by atoms with E-state index in [0.29, 0.717) is 34.8 Å². The van der Waals surface area contributed by atoms with Gasteiger partial charge in [0.2, 0.25) is 10.0 Å². The molecule has 7 nitrogen and oxygen atoms in total. The number of rotatable bonds is 4. The predicted molar refractivity (Wildman–Crippen MR) is 112 cm³/mol. The number of hydrogen-bond donors (Lipinski definition) is 1. The monoisotopic (exact) mass is 419 g/mol. The minimum absolute atomic E-state index is 0.139. The molecule has 2 aromatic carbocycles. The molecule has 2 amide bonds. The Hall–Kier alpha value is -2.52. The van der Waals surface area contributed by atoms with Gasteiger partial charge in [0.1, 0.15) is 0 Å². The maximum atomic E-state index is 12.7. The summed E-state index contributed by atoms with van der Waals surface area (Å²) in [6, 6.07) is 12.1. The quantitative estimate of drug-likeness (QED) is 0.770. The van der Waals surface area contributed by atoms with Gasteiger partial charge in [-0.25, -0.2) is 8.42 Å². The number of nitrogens with zero attached hydrogens (tertiary/aromatic N) is 2. The molecule has 28 heavy (non-hydrogen) atoms. The Morgan fingerprint density at radius 2 is 1.86 bits per heavy atom. The number of nitrogens with one attached hydrogen (secondary N) is 1. The number of fused-ring (bicyclic) bond motifs is 1. The van der Waals surface area contributed by atoms with E-state index < -0.39 is 10.0 Å². The highest BCUT2D eigenvalue weighted by atomic mass is 32.2. The van der Waals surface area contributed by atoms with Gasteiger partial charge in [0, 0.05) is 31.1 Å². The summed E-state index contributed by atoms with van der Waals surface area (Å²) < 4.78 is 25.0. The molecule has 1 aliphatic rings. The highest BCUT2D eigenvalue weighted by Gasteiger charge is 2.26. The fraction of sp³-hybridized carbons (Fsp3) is 0.263. The van der Waals surface area contributed by atoms with Crippen LogP contribution in [0.2, 0.25) is 0 Å². The number of thioether (sulfide) groups is 1. The smallest absolute Gasteiger partial charge is 0.286 e. The number of amides is 2. The van der Waals surface area contributed by atoms with Crippen LogP contribution in [-0.4, -0.2) is 51.4 Å². The molecular weight excluding hydrogens is 398 g/mol. The van der Waals surface area contributed by atoms with Gasteiger partial charge < -0.3 is 10.2 Å². The molecule has 0 radical (unpaired) electrons. The highest BCUT2D eigenvalue weighted by molar-refractivity contribution is 8.13. The predicted octanol–water partition coefficient (Wildman–Crippen LogP) is 3.03. The molecule has 2 aromatic rings. The SMILES string of the molecule is CN(C)C(=O)Sc1ccccc1NC(=O)c1ccc2c(c1)CCN2S(C)(=O)=O. The summed E-state index contributed by atoms with van der Waals surface area (Å²) >= 11 is 1.04. The van der Waals surface area contributed by atoms with E-state index in [4.69, 9.17) is 0 Å². The van der Waals surface area contributed by atoms with E-state index in [-0.39, 0.29) is 11.1 Å². The average molecular weight is 420 g/mol. The lowest BCUT2D eigenvalue weighted by Crippen LogP contribution is -2.27. The van der Waals surface area contributed by atoms with Crippen molar-refractivity contribution in [2.75, 3.05) is 36.5 Å². The molecule has 1 aliphatic heterocycles. The van der Waals surface area contributed by atoms with Crippen LogP contribution in [0.5, 0.6) is 0 Å². The van der Waals surface area contributed by atoms with Gasteiger partial charge in [-0.2, -0.15) is 0 Å². The van der Waals surface area contributed by atoms with Gasteiger partial charge >= 0.3 is 0 Å². The van der Waals surface area contributed by atoms with Crippen LogP contribution < -0.4 is 9.62 Å². The van der Waals surface area contributed by atoms with E-state index in [1.165, 1.54) is 15.5 Å². The number of hydrogen-bond acceptors (Lipinski definition) is 5. The molecule has 0 unspecified atom stereocenters. The van der Waals surface area contributed by atoms with Gasteiger partial charge in [-0.15, -0.1) is 0 Å². The molecular formula is C19H21N3O4S2. The Labute approximate surface area is 168 Å². The number of para-hydroxylation sites is 1. The second kappa shape index (κ2) is 7.84. The molecule has 1 N–H and O–H groups in total. The topological polar surface area (TPSA) is 86.8 Å². The first-order valence-electron chi connectivity index (χ1n) is 8.57. The third-order valence-corrected chi connectivity index (χ3v) is 6.59. The summed E-state index contributed by atoms with van der Waals surface area (Å²) in [7, 11) is 0.00732. The Balaban J connectivity index is 1.81. The first-order chi connectivity index (χ1) is 13.2. The maximum Gasteiger partial charge on any atom is 0.286 e. The first kappa shape index (κ1) is 20.2. The van der Waals surface area contributed by atoms with E-state index in [1.54, 1.807) is 56.6 Å². The van der Waals surface area contributed by atoms with Crippen molar-refractivity contribution in [3.05, 3.63) is 53.6 Å². The van der Waals surface area contributed by atoms with Crippen molar-refractivity contribution in [2.45, 2.75) is 11.3 Å². The van der Waals surface area contributed by atoms with Gasteiger partial charge in [0.15, 0.2) is 0 Å². The van der Waals surface area contributed by atoms with Crippen molar-refractivity contribution in [2.24, 2.45) is 0 Å². The van der Waals surface area contributed by atoms with E-state index in [0.717, 1.165) is 17.3 Å². The Morgan fingerprint density at radius 3 is 2.54 bits per heavy atom. The van der Waals surface area contributed by atoms with Crippen LogP contribution in [0, 0.1) is 0 Å². The zero-order valence-electron chi connectivity index (χ0n) is 15.8. The van der Waals surface area contributed by atoms with Crippen molar-refractivity contribution in [3.8, 4) is 0 Å². The highest BCUT2D eigenvalue weighted by Crippen LogP contribution is 2.32. The van der Waals surface area contributed by atoms with E-state index in [1.807, 2.05) is 0 Å². The number of carbonyl (C=O) groups excluding carboxylic acids is 2. The van der Waals surface area contributed by atoms with E-state index in [9.17, 15) is 18.0 Å². The molecule has 1 heterocycles. The van der Waals surface area contributed by atoms with Crippen molar-refractivity contribution in [1.82, 2.24) is 4.90 Å². The lowest BCUT2D eigenvalue weighted by molar-refractivity contribution is 0.102. The first-order valence-corrected chi connectivity index (χ1v) is 11.2. The third kappa shape index (κ3) is 4.31. The zero-order chi connectivity index (χ0) is 20.5. The summed E-state index contributed by atoms with van der Waals surface area (Å²) in [5.41, 5.74) is 2.42. The second-order valence-electron chi connectivity index (χ2n) is 6.64. The molecule has 0 bridgehead atoms. The Kier molecular flexibility index (Phi) is 5.66. The average Bonchev–Trinajstić information content (AvgIpc) is 3.06. The molecule has 3 rings (SSSR count). The largest absolute Gasteiger partial charge is 0.339 e. The van der Waals surface area contributed by atoms with Crippen LogP contribution in [0.1, 0.15) is 15.9 Å². The fourth-order valence-corrected chi connectivity index (χ4v) is 4.60. The van der Waals surface area contributed by atoms with Crippen LogP contribution in [0.4, 0.5) is 16.2 Å². The zero-order valence-corrected chi connectivity index (χ0v) is 17.4. The maximum absolute atomic E-state index is 12.7. The molecule has 0 aliphatic carbocycles. The summed E-state index contributed by atoms with van der Waals surface area (Å²) in [5.74, 6) is -0.314. The van der Waals surface area contributed by atoms with Crippen molar-refractivity contribution >= 4 is 44.3 Å². The van der Waals surface area contributed by atoms with Crippen LogP contribution in [0.15, 0.2) is 47.4 Å². The number of carbonyl (C=O) groups is 2. The van der Waals surface area contributed by atoms with Crippen LogP contribution in [0.25, 0.3) is 0 Å². The van der Waals surface area contributed by atoms with Gasteiger partial charge in [-0.05, 0) is 54.1 Å². The Morgan fingerprint density at radius 1 is 1.14 bits per heavy atom. The lowest BCUT2D eigenvalue weighted by Gasteiger charge is -2.16. The van der Waals surface area contributed by atoms with Crippen molar-refractivity contribution < 1.29 is 18.0 Å². The van der Waals surface area contributed by atoms with Crippen LogP contribution in [-0.2, 0) is 16.4 Å². The molecule has 0 aromatic heterocycles. The van der Waals surface area contributed by atoms with Crippen LogP contribution >= 0.6 is 11.8 Å². The van der Waals surface area contributed by atoms with Crippen molar-refractivity contribution in [3.63, 3.8) is 0 Å². The molecule has 0 saturated carbocycles.